The van der Waals surface area contributed by atoms with E-state index in [4.69, 9.17) is 0 Å². The number of aliphatic hydroxyl groups is 1. The molecule has 3 aromatic heterocycles. The lowest BCUT2D eigenvalue weighted by molar-refractivity contribution is 0.137. The first-order valence-electron chi connectivity index (χ1n) is 9.26. The zero-order valence-corrected chi connectivity index (χ0v) is 16.2. The van der Waals surface area contributed by atoms with Gasteiger partial charge in [-0.2, -0.15) is 9.97 Å². The summed E-state index contributed by atoms with van der Waals surface area (Å²) in [4.78, 5) is 18.0. The van der Waals surface area contributed by atoms with Crippen molar-refractivity contribution >= 4 is 22.9 Å². The zero-order chi connectivity index (χ0) is 19.4. The van der Waals surface area contributed by atoms with Gasteiger partial charge < -0.3 is 20.3 Å². The molecule has 1 unspecified atom stereocenters. The van der Waals surface area contributed by atoms with Crippen molar-refractivity contribution in [2.24, 2.45) is 5.92 Å². The average molecular weight is 369 g/mol. The van der Waals surface area contributed by atoms with Gasteiger partial charge >= 0.3 is 0 Å². The lowest BCUT2D eigenvalue weighted by Crippen LogP contribution is -2.25. The molecule has 3 N–H and O–H groups in total. The van der Waals surface area contributed by atoms with E-state index < -0.39 is 6.10 Å². The van der Waals surface area contributed by atoms with Crippen molar-refractivity contribution in [2.75, 3.05) is 17.2 Å². The molecule has 3 aromatic rings. The predicted octanol–water partition coefficient (Wildman–Crippen LogP) is 2.84. The van der Waals surface area contributed by atoms with Crippen LogP contribution in [0.25, 0.3) is 11.2 Å². The maximum absolute atomic E-state index is 10.1. The van der Waals surface area contributed by atoms with Crippen LogP contribution in [0.5, 0.6) is 0 Å². The third kappa shape index (κ3) is 4.51. The molecule has 0 saturated heterocycles. The molecule has 27 heavy (non-hydrogen) atoms. The van der Waals surface area contributed by atoms with Gasteiger partial charge in [0.05, 0.1) is 24.7 Å². The van der Waals surface area contributed by atoms with Crippen molar-refractivity contribution < 1.29 is 5.11 Å². The molecule has 3 heterocycles. The molecule has 0 saturated carbocycles. The molecule has 8 heteroatoms. The number of nitrogens with zero attached hydrogens (tertiary/aromatic N) is 5. The molecule has 0 aliphatic heterocycles. The molecule has 0 amide bonds. The van der Waals surface area contributed by atoms with Crippen molar-refractivity contribution in [1.82, 2.24) is 24.5 Å². The van der Waals surface area contributed by atoms with Crippen LogP contribution in [0.15, 0.2) is 30.7 Å². The van der Waals surface area contributed by atoms with E-state index in [1.807, 2.05) is 36.6 Å². The second kappa shape index (κ2) is 8.30. The topological polar surface area (TPSA) is 101 Å². The molecule has 0 aliphatic carbocycles. The van der Waals surface area contributed by atoms with Crippen LogP contribution >= 0.6 is 0 Å². The van der Waals surface area contributed by atoms with Crippen LogP contribution in [0.3, 0.4) is 0 Å². The van der Waals surface area contributed by atoms with Crippen molar-refractivity contribution in [3.8, 4) is 0 Å². The minimum Gasteiger partial charge on any atom is -0.391 e. The van der Waals surface area contributed by atoms with E-state index in [1.165, 1.54) is 0 Å². The molecule has 0 spiro atoms. The number of fused-ring (bicyclic) bond motifs is 1. The maximum atomic E-state index is 10.1. The largest absolute Gasteiger partial charge is 0.391 e. The first-order chi connectivity index (χ1) is 13.0. The molecule has 0 aliphatic rings. The van der Waals surface area contributed by atoms with Gasteiger partial charge in [0, 0.05) is 18.8 Å². The first kappa shape index (κ1) is 19.0. The van der Waals surface area contributed by atoms with Crippen LogP contribution in [0, 0.1) is 5.92 Å². The van der Waals surface area contributed by atoms with Gasteiger partial charge in [0.25, 0.3) is 0 Å². The second-order valence-corrected chi connectivity index (χ2v) is 7.18. The monoisotopic (exact) mass is 369 g/mol. The van der Waals surface area contributed by atoms with Crippen LogP contribution in [0.1, 0.15) is 39.4 Å². The normalized spacial score (nSPS) is 12.7. The third-order valence-electron chi connectivity index (χ3n) is 4.38. The van der Waals surface area contributed by atoms with Crippen molar-refractivity contribution in [1.29, 1.82) is 0 Å². The third-order valence-corrected chi connectivity index (χ3v) is 4.38. The molecular formula is C19H27N7O. The van der Waals surface area contributed by atoms with Crippen molar-refractivity contribution in [3.63, 3.8) is 0 Å². The lowest BCUT2D eigenvalue weighted by atomic mass is 10.1. The van der Waals surface area contributed by atoms with E-state index in [2.05, 4.69) is 44.4 Å². The minimum absolute atomic E-state index is 0.157. The Morgan fingerprint density at radius 1 is 1.07 bits per heavy atom. The SMILES string of the molecule is CC(C)C(O)CNc1nc(NCc2ccccn2)c2ncn(C(C)C)c2n1. The Labute approximate surface area is 159 Å². The fraction of sp³-hybridized carbons (Fsp3) is 0.474. The summed E-state index contributed by atoms with van der Waals surface area (Å²) in [5.74, 6) is 1.27. The summed E-state index contributed by atoms with van der Waals surface area (Å²) < 4.78 is 2.01. The minimum atomic E-state index is -0.468. The van der Waals surface area contributed by atoms with Gasteiger partial charge in [-0.25, -0.2) is 4.98 Å². The van der Waals surface area contributed by atoms with Gasteiger partial charge in [0.1, 0.15) is 0 Å². The Bertz CT molecular complexity index is 876. The number of rotatable bonds is 8. The molecule has 1 atom stereocenters. The van der Waals surface area contributed by atoms with Gasteiger partial charge in [-0.1, -0.05) is 19.9 Å². The molecule has 3 rings (SSSR count). The predicted molar refractivity (Wildman–Crippen MR) is 107 cm³/mol. The van der Waals surface area contributed by atoms with Gasteiger partial charge in [-0.3, -0.25) is 4.98 Å². The summed E-state index contributed by atoms with van der Waals surface area (Å²) in [7, 11) is 0. The van der Waals surface area contributed by atoms with E-state index >= 15 is 0 Å². The Morgan fingerprint density at radius 2 is 1.89 bits per heavy atom. The Morgan fingerprint density at radius 3 is 2.56 bits per heavy atom. The Hall–Kier alpha value is -2.74. The van der Waals surface area contributed by atoms with Crippen LogP contribution in [0.4, 0.5) is 11.8 Å². The average Bonchev–Trinajstić information content (AvgIpc) is 3.09. The smallest absolute Gasteiger partial charge is 0.226 e. The second-order valence-electron chi connectivity index (χ2n) is 7.18. The van der Waals surface area contributed by atoms with E-state index in [-0.39, 0.29) is 12.0 Å². The zero-order valence-electron chi connectivity index (χ0n) is 16.2. The van der Waals surface area contributed by atoms with Gasteiger partial charge in [0.15, 0.2) is 17.0 Å². The number of aliphatic hydroxyl groups excluding tert-OH is 1. The Kier molecular flexibility index (Phi) is 5.85. The van der Waals surface area contributed by atoms with Crippen LogP contribution in [-0.4, -0.2) is 42.3 Å². The molecule has 0 radical (unpaired) electrons. The summed E-state index contributed by atoms with van der Waals surface area (Å²) in [6, 6.07) is 6.02. The molecule has 144 valence electrons. The number of anilines is 2. The summed E-state index contributed by atoms with van der Waals surface area (Å²) in [5.41, 5.74) is 2.39. The number of nitrogens with one attached hydrogen (secondary N) is 2. The molecule has 8 nitrogen and oxygen atoms in total. The highest BCUT2D eigenvalue weighted by Crippen LogP contribution is 2.23. The van der Waals surface area contributed by atoms with E-state index in [9.17, 15) is 5.11 Å². The van der Waals surface area contributed by atoms with E-state index in [1.54, 1.807) is 12.5 Å². The van der Waals surface area contributed by atoms with Gasteiger partial charge in [-0.15, -0.1) is 0 Å². The highest BCUT2D eigenvalue weighted by molar-refractivity contribution is 5.84. The van der Waals surface area contributed by atoms with Crippen molar-refractivity contribution in [3.05, 3.63) is 36.4 Å². The van der Waals surface area contributed by atoms with Crippen LogP contribution in [-0.2, 0) is 6.54 Å². The van der Waals surface area contributed by atoms with Crippen LogP contribution in [0.2, 0.25) is 0 Å². The first-order valence-corrected chi connectivity index (χ1v) is 9.26. The maximum Gasteiger partial charge on any atom is 0.226 e. The molecule has 0 fully saturated rings. The number of pyridine rings is 1. The Balaban J connectivity index is 1.89. The van der Waals surface area contributed by atoms with E-state index in [0.717, 1.165) is 16.9 Å². The highest BCUT2D eigenvalue weighted by Gasteiger charge is 2.16. The number of hydrogen-bond acceptors (Lipinski definition) is 7. The number of imidazole rings is 1. The standard InChI is InChI=1S/C19H27N7O/c1-12(2)15(27)10-22-19-24-17(21-9-14-7-5-6-8-20-14)16-18(25-19)26(11-23-16)13(3)4/h5-8,11-13,15,27H,9-10H2,1-4H3,(H2,21,22,24,25). The number of aromatic nitrogens is 5. The fourth-order valence-electron chi connectivity index (χ4n) is 2.61. The van der Waals surface area contributed by atoms with E-state index in [0.29, 0.717) is 24.9 Å². The number of hydrogen-bond donors (Lipinski definition) is 3. The molecular weight excluding hydrogens is 342 g/mol. The van der Waals surface area contributed by atoms with Crippen molar-refractivity contribution in [2.45, 2.75) is 46.4 Å². The van der Waals surface area contributed by atoms with Crippen LogP contribution < -0.4 is 10.6 Å². The highest BCUT2D eigenvalue weighted by atomic mass is 16.3. The van der Waals surface area contributed by atoms with Gasteiger partial charge in [-0.05, 0) is 31.9 Å². The molecule has 0 bridgehead atoms. The lowest BCUT2D eigenvalue weighted by Gasteiger charge is -2.16. The quantitative estimate of drug-likeness (QED) is 0.561. The fourth-order valence-corrected chi connectivity index (χ4v) is 2.61. The summed E-state index contributed by atoms with van der Waals surface area (Å²) in [5, 5.41) is 16.5. The summed E-state index contributed by atoms with van der Waals surface area (Å²) in [6.07, 6.45) is 3.08. The molecule has 0 aromatic carbocycles. The van der Waals surface area contributed by atoms with Gasteiger partial charge in [0.2, 0.25) is 5.95 Å². The summed E-state index contributed by atoms with van der Waals surface area (Å²) >= 11 is 0. The summed E-state index contributed by atoms with van der Waals surface area (Å²) in [6.45, 7) is 9.04.